The van der Waals surface area contributed by atoms with Crippen molar-refractivity contribution in [3.63, 3.8) is 0 Å². The van der Waals surface area contributed by atoms with Crippen LogP contribution < -0.4 is 5.32 Å². The van der Waals surface area contributed by atoms with Gasteiger partial charge in [-0.25, -0.2) is 4.79 Å². The predicted octanol–water partition coefficient (Wildman–Crippen LogP) is 3.37. The van der Waals surface area contributed by atoms with Gasteiger partial charge in [0.2, 0.25) is 0 Å². The number of rotatable bonds is 9. The summed E-state index contributed by atoms with van der Waals surface area (Å²) < 4.78 is 42.3. The van der Waals surface area contributed by atoms with Gasteiger partial charge in [-0.1, -0.05) is 44.7 Å². The van der Waals surface area contributed by atoms with Gasteiger partial charge < -0.3 is 15.2 Å². The summed E-state index contributed by atoms with van der Waals surface area (Å²) in [5.41, 5.74) is -0.873. The molecular formula is C18H24F3NO4. The number of benzene rings is 1. The molecule has 1 rings (SSSR count). The second-order valence-electron chi connectivity index (χ2n) is 5.96. The molecule has 0 heterocycles. The van der Waals surface area contributed by atoms with Crippen LogP contribution in [0.1, 0.15) is 56.3 Å². The SMILES string of the molecule is CCCCCC[C@H](NC(=O)[C@H](O)c1ccc(C(F)(F)F)cc1)C(=O)OC. The Balaban J connectivity index is 2.73. The van der Waals surface area contributed by atoms with Gasteiger partial charge in [-0.15, -0.1) is 0 Å². The molecule has 1 aromatic rings. The number of nitrogens with one attached hydrogen (secondary N) is 1. The first kappa shape index (κ1) is 22.0. The molecule has 0 aliphatic carbocycles. The third kappa shape index (κ3) is 6.67. The topological polar surface area (TPSA) is 75.6 Å². The maximum absolute atomic E-state index is 12.6. The number of aliphatic hydroxyl groups is 1. The van der Waals surface area contributed by atoms with Crippen LogP contribution in [0.5, 0.6) is 0 Å². The van der Waals surface area contributed by atoms with Crippen LogP contribution in [0.2, 0.25) is 0 Å². The third-order valence-electron chi connectivity index (χ3n) is 3.95. The Hall–Kier alpha value is -2.09. The first-order valence-corrected chi connectivity index (χ1v) is 8.44. The van der Waals surface area contributed by atoms with Crippen molar-refractivity contribution in [2.45, 2.75) is 57.3 Å². The standard InChI is InChI=1S/C18H24F3NO4/c1-3-4-5-6-7-14(17(25)26-2)22-16(24)15(23)12-8-10-13(11-9-12)18(19,20)21/h8-11,14-15,23H,3-7H2,1-2H3,(H,22,24)/t14-,15+/m0/s1. The van der Waals surface area contributed by atoms with E-state index in [9.17, 15) is 27.9 Å². The van der Waals surface area contributed by atoms with Crippen LogP contribution >= 0.6 is 0 Å². The number of carbonyl (C=O) groups is 2. The average molecular weight is 375 g/mol. The van der Waals surface area contributed by atoms with E-state index >= 15 is 0 Å². The minimum atomic E-state index is -4.50. The average Bonchev–Trinajstić information content (AvgIpc) is 2.62. The fourth-order valence-corrected chi connectivity index (χ4v) is 2.42. The molecule has 146 valence electrons. The van der Waals surface area contributed by atoms with Gasteiger partial charge in [0.15, 0.2) is 6.10 Å². The maximum Gasteiger partial charge on any atom is 0.416 e. The van der Waals surface area contributed by atoms with Crippen LogP contribution in [0.25, 0.3) is 0 Å². The summed E-state index contributed by atoms with van der Waals surface area (Å²) in [7, 11) is 1.19. The van der Waals surface area contributed by atoms with E-state index in [0.29, 0.717) is 12.8 Å². The lowest BCUT2D eigenvalue weighted by atomic mass is 10.0. The van der Waals surface area contributed by atoms with E-state index in [4.69, 9.17) is 0 Å². The van der Waals surface area contributed by atoms with E-state index in [1.54, 1.807) is 0 Å². The lowest BCUT2D eigenvalue weighted by Gasteiger charge is -2.19. The van der Waals surface area contributed by atoms with Crippen molar-refractivity contribution >= 4 is 11.9 Å². The molecule has 0 saturated heterocycles. The van der Waals surface area contributed by atoms with Crippen molar-refractivity contribution in [3.05, 3.63) is 35.4 Å². The molecule has 1 amide bonds. The van der Waals surface area contributed by atoms with Crippen molar-refractivity contribution < 1.29 is 32.6 Å². The smallest absolute Gasteiger partial charge is 0.416 e. The normalized spacial score (nSPS) is 13.8. The van der Waals surface area contributed by atoms with E-state index in [1.807, 2.05) is 6.92 Å². The van der Waals surface area contributed by atoms with Crippen LogP contribution in [0, 0.1) is 0 Å². The summed E-state index contributed by atoms with van der Waals surface area (Å²) in [6, 6.07) is 2.72. The number of amides is 1. The minimum absolute atomic E-state index is 0.00472. The zero-order chi connectivity index (χ0) is 19.7. The number of hydrogen-bond donors (Lipinski definition) is 2. The van der Waals surface area contributed by atoms with Crippen molar-refractivity contribution in [3.8, 4) is 0 Å². The molecule has 2 N–H and O–H groups in total. The minimum Gasteiger partial charge on any atom is -0.467 e. The van der Waals surface area contributed by atoms with Crippen molar-refractivity contribution in [2.24, 2.45) is 0 Å². The zero-order valence-corrected chi connectivity index (χ0v) is 14.8. The van der Waals surface area contributed by atoms with Gasteiger partial charge in [-0.05, 0) is 24.1 Å². The highest BCUT2D eigenvalue weighted by molar-refractivity contribution is 5.87. The number of aliphatic hydroxyl groups excluding tert-OH is 1. The molecule has 1 aromatic carbocycles. The molecule has 0 radical (unpaired) electrons. The summed E-state index contributed by atoms with van der Waals surface area (Å²) >= 11 is 0. The number of hydrogen-bond acceptors (Lipinski definition) is 4. The third-order valence-corrected chi connectivity index (χ3v) is 3.95. The Kier molecular flexibility index (Phi) is 8.57. The number of halogens is 3. The van der Waals surface area contributed by atoms with Crippen molar-refractivity contribution in [1.29, 1.82) is 0 Å². The molecular weight excluding hydrogens is 351 g/mol. The Morgan fingerprint density at radius 2 is 1.77 bits per heavy atom. The number of methoxy groups -OCH3 is 1. The molecule has 0 aliphatic heterocycles. The van der Waals surface area contributed by atoms with Gasteiger partial charge in [0, 0.05) is 0 Å². The highest BCUT2D eigenvalue weighted by Gasteiger charge is 2.31. The number of alkyl halides is 3. The van der Waals surface area contributed by atoms with Crippen LogP contribution in [0.15, 0.2) is 24.3 Å². The van der Waals surface area contributed by atoms with Gasteiger partial charge in [-0.3, -0.25) is 4.79 Å². The van der Waals surface area contributed by atoms with Crippen molar-refractivity contribution in [1.82, 2.24) is 5.32 Å². The lowest BCUT2D eigenvalue weighted by molar-refractivity contribution is -0.146. The van der Waals surface area contributed by atoms with E-state index in [0.717, 1.165) is 43.5 Å². The monoisotopic (exact) mass is 375 g/mol. The van der Waals surface area contributed by atoms with E-state index in [-0.39, 0.29) is 5.56 Å². The summed E-state index contributed by atoms with van der Waals surface area (Å²) in [4.78, 5) is 23.9. The molecule has 0 saturated carbocycles. The van der Waals surface area contributed by atoms with Crippen LogP contribution in [0.3, 0.4) is 0 Å². The second-order valence-corrected chi connectivity index (χ2v) is 5.96. The number of carbonyl (C=O) groups excluding carboxylic acids is 2. The summed E-state index contributed by atoms with van der Waals surface area (Å²) in [5, 5.41) is 12.5. The van der Waals surface area contributed by atoms with E-state index in [2.05, 4.69) is 10.1 Å². The molecule has 5 nitrogen and oxygen atoms in total. The molecule has 0 bridgehead atoms. The van der Waals surface area contributed by atoms with Crippen LogP contribution in [-0.4, -0.2) is 30.1 Å². The largest absolute Gasteiger partial charge is 0.467 e. The maximum atomic E-state index is 12.6. The predicted molar refractivity (Wildman–Crippen MR) is 89.1 cm³/mol. The zero-order valence-electron chi connectivity index (χ0n) is 14.8. The highest BCUT2D eigenvalue weighted by atomic mass is 19.4. The first-order chi connectivity index (χ1) is 12.2. The Labute approximate surface area is 150 Å². The van der Waals surface area contributed by atoms with Crippen molar-refractivity contribution in [2.75, 3.05) is 7.11 Å². The molecule has 0 fully saturated rings. The summed E-state index contributed by atoms with van der Waals surface area (Å²) in [6.07, 6.45) is -2.22. The quantitative estimate of drug-likeness (QED) is 0.513. The fraction of sp³-hybridized carbons (Fsp3) is 0.556. The fourth-order valence-electron chi connectivity index (χ4n) is 2.42. The van der Waals surface area contributed by atoms with Gasteiger partial charge in [0.1, 0.15) is 6.04 Å². The lowest BCUT2D eigenvalue weighted by Crippen LogP contribution is -2.43. The first-order valence-electron chi connectivity index (χ1n) is 8.44. The molecule has 2 atom stereocenters. The second kappa shape index (κ2) is 10.2. The Morgan fingerprint density at radius 1 is 1.15 bits per heavy atom. The Morgan fingerprint density at radius 3 is 2.27 bits per heavy atom. The van der Waals surface area contributed by atoms with Crippen LogP contribution in [0.4, 0.5) is 13.2 Å². The van der Waals surface area contributed by atoms with E-state index in [1.165, 1.54) is 7.11 Å². The van der Waals surface area contributed by atoms with Crippen LogP contribution in [-0.2, 0) is 20.5 Å². The van der Waals surface area contributed by atoms with Gasteiger partial charge in [-0.2, -0.15) is 13.2 Å². The number of unbranched alkanes of at least 4 members (excludes halogenated alkanes) is 3. The van der Waals surface area contributed by atoms with Gasteiger partial charge >= 0.3 is 12.1 Å². The Bertz CT molecular complexity index is 587. The molecule has 0 spiro atoms. The molecule has 0 aliphatic rings. The van der Waals surface area contributed by atoms with Gasteiger partial charge in [0.25, 0.3) is 5.91 Å². The number of esters is 1. The van der Waals surface area contributed by atoms with E-state index < -0.39 is 35.8 Å². The highest BCUT2D eigenvalue weighted by Crippen LogP contribution is 2.30. The van der Waals surface area contributed by atoms with Gasteiger partial charge in [0.05, 0.1) is 12.7 Å². The summed E-state index contributed by atoms with van der Waals surface area (Å²) in [5.74, 6) is -1.50. The molecule has 0 aromatic heterocycles. The molecule has 0 unspecified atom stereocenters. The molecule has 8 heteroatoms. The number of ether oxygens (including phenoxy) is 1. The molecule has 26 heavy (non-hydrogen) atoms. The summed E-state index contributed by atoms with van der Waals surface area (Å²) in [6.45, 7) is 2.04.